The molecule has 0 heterocycles. The molecule has 9 heteroatoms. The van der Waals surface area contributed by atoms with Crippen molar-refractivity contribution in [1.29, 1.82) is 0 Å². The van der Waals surface area contributed by atoms with Gasteiger partial charge in [-0.05, 0) is 48.4 Å². The normalized spacial score (nSPS) is 11.3. The highest BCUT2D eigenvalue weighted by Crippen LogP contribution is 2.24. The van der Waals surface area contributed by atoms with Gasteiger partial charge in [0.1, 0.15) is 5.82 Å². The molecule has 0 aliphatic carbocycles. The lowest BCUT2D eigenvalue weighted by Crippen LogP contribution is -2.26. The van der Waals surface area contributed by atoms with Gasteiger partial charge in [-0.3, -0.25) is 4.79 Å². The highest BCUT2D eigenvalue weighted by Gasteiger charge is 2.19. The predicted molar refractivity (Wildman–Crippen MR) is 116 cm³/mol. The van der Waals surface area contributed by atoms with Crippen LogP contribution in [0.1, 0.15) is 15.9 Å². The zero-order valence-electron chi connectivity index (χ0n) is 15.5. The molecule has 0 atom stereocenters. The van der Waals surface area contributed by atoms with E-state index in [0.717, 1.165) is 23.8 Å². The molecule has 0 unspecified atom stereocenters. The number of hydrogen-bond donors (Lipinski definition) is 2. The average Bonchev–Trinajstić information content (AvgIpc) is 2.68. The Labute approximate surface area is 183 Å². The second kappa shape index (κ2) is 9.57. The largest absolute Gasteiger partial charge is 0.322 e. The molecule has 0 bridgehead atoms. The quantitative estimate of drug-likeness (QED) is 0.519. The summed E-state index contributed by atoms with van der Waals surface area (Å²) in [7, 11) is -3.93. The molecular formula is C21H17Cl2FN2O3S. The van der Waals surface area contributed by atoms with Gasteiger partial charge in [-0.15, -0.1) is 0 Å². The molecule has 3 rings (SSSR count). The third kappa shape index (κ3) is 5.79. The Morgan fingerprint density at radius 1 is 0.933 bits per heavy atom. The zero-order chi connectivity index (χ0) is 21.7. The van der Waals surface area contributed by atoms with E-state index >= 15 is 0 Å². The van der Waals surface area contributed by atoms with Gasteiger partial charge >= 0.3 is 0 Å². The maximum absolute atomic E-state index is 14.2. The Morgan fingerprint density at radius 2 is 1.60 bits per heavy atom. The summed E-state index contributed by atoms with van der Waals surface area (Å²) in [6.45, 7) is 0.159. The lowest BCUT2D eigenvalue weighted by atomic mass is 10.2. The first-order valence-corrected chi connectivity index (χ1v) is 11.1. The number of anilines is 1. The number of nitrogens with one attached hydrogen (secondary N) is 2. The van der Waals surface area contributed by atoms with Gasteiger partial charge in [0.15, 0.2) is 0 Å². The Balaban J connectivity index is 1.75. The maximum atomic E-state index is 14.2. The molecule has 0 aromatic heterocycles. The fourth-order valence-corrected chi connectivity index (χ4v) is 4.31. The highest BCUT2D eigenvalue weighted by molar-refractivity contribution is 7.89. The summed E-state index contributed by atoms with van der Waals surface area (Å²) >= 11 is 11.8. The monoisotopic (exact) mass is 466 g/mol. The molecule has 30 heavy (non-hydrogen) atoms. The molecule has 0 saturated carbocycles. The van der Waals surface area contributed by atoms with Crippen LogP contribution in [0.15, 0.2) is 71.6 Å². The maximum Gasteiger partial charge on any atom is 0.258 e. The van der Waals surface area contributed by atoms with Crippen molar-refractivity contribution < 1.29 is 17.6 Å². The second-order valence-electron chi connectivity index (χ2n) is 6.39. The molecule has 0 radical (unpaired) electrons. The minimum Gasteiger partial charge on any atom is -0.322 e. The SMILES string of the molecule is O=C(Nc1cc(Cl)cc(Cl)c1)c1cc(S(=O)(=O)NCCc2ccccc2)ccc1F. The zero-order valence-corrected chi connectivity index (χ0v) is 17.9. The number of rotatable bonds is 7. The molecule has 5 nitrogen and oxygen atoms in total. The summed E-state index contributed by atoms with van der Waals surface area (Å²) in [5, 5.41) is 3.04. The smallest absolute Gasteiger partial charge is 0.258 e. The number of amides is 1. The number of hydrogen-bond acceptors (Lipinski definition) is 3. The predicted octanol–water partition coefficient (Wildman–Crippen LogP) is 4.91. The van der Waals surface area contributed by atoms with E-state index < -0.39 is 27.3 Å². The van der Waals surface area contributed by atoms with E-state index in [0.29, 0.717) is 6.42 Å². The van der Waals surface area contributed by atoms with Crippen LogP contribution in [0, 0.1) is 5.82 Å². The highest BCUT2D eigenvalue weighted by atomic mass is 35.5. The number of benzene rings is 3. The fraction of sp³-hybridized carbons (Fsp3) is 0.0952. The van der Waals surface area contributed by atoms with Crippen molar-refractivity contribution >= 4 is 44.8 Å². The van der Waals surface area contributed by atoms with E-state index in [1.165, 1.54) is 18.2 Å². The standard InChI is InChI=1S/C21H17Cl2FN2O3S/c22-15-10-16(23)12-17(11-15)26-21(27)19-13-18(6-7-20(19)24)30(28,29)25-9-8-14-4-2-1-3-5-14/h1-7,10-13,25H,8-9H2,(H,26,27). The molecule has 156 valence electrons. The van der Waals surface area contributed by atoms with Crippen LogP contribution in [0.4, 0.5) is 10.1 Å². The lowest BCUT2D eigenvalue weighted by Gasteiger charge is -2.10. The first-order valence-electron chi connectivity index (χ1n) is 8.85. The van der Waals surface area contributed by atoms with E-state index in [4.69, 9.17) is 23.2 Å². The van der Waals surface area contributed by atoms with E-state index in [1.54, 1.807) is 0 Å². The van der Waals surface area contributed by atoms with Gasteiger partial charge in [-0.1, -0.05) is 53.5 Å². The molecule has 0 saturated heterocycles. The molecule has 0 aliphatic heterocycles. The lowest BCUT2D eigenvalue weighted by molar-refractivity contribution is 0.102. The number of sulfonamides is 1. The first kappa shape index (κ1) is 22.2. The van der Waals surface area contributed by atoms with E-state index in [1.807, 2.05) is 30.3 Å². The Hall–Kier alpha value is -2.45. The minimum atomic E-state index is -3.93. The van der Waals surface area contributed by atoms with Crippen LogP contribution in [-0.2, 0) is 16.4 Å². The van der Waals surface area contributed by atoms with Gasteiger partial charge in [-0.25, -0.2) is 17.5 Å². The van der Waals surface area contributed by atoms with Crippen LogP contribution in [-0.4, -0.2) is 20.9 Å². The molecule has 3 aromatic carbocycles. The Morgan fingerprint density at radius 3 is 2.27 bits per heavy atom. The van der Waals surface area contributed by atoms with Crippen molar-refractivity contribution in [3.63, 3.8) is 0 Å². The van der Waals surface area contributed by atoms with Crippen LogP contribution in [0.25, 0.3) is 0 Å². The summed E-state index contributed by atoms with van der Waals surface area (Å²) in [5.41, 5.74) is 0.808. The third-order valence-electron chi connectivity index (χ3n) is 4.16. The average molecular weight is 467 g/mol. The van der Waals surface area contributed by atoms with E-state index in [2.05, 4.69) is 10.0 Å². The number of carbonyl (C=O) groups is 1. The van der Waals surface area contributed by atoms with Gasteiger partial charge < -0.3 is 5.32 Å². The van der Waals surface area contributed by atoms with Crippen molar-refractivity contribution in [2.24, 2.45) is 0 Å². The van der Waals surface area contributed by atoms with Crippen molar-refractivity contribution in [2.45, 2.75) is 11.3 Å². The fourth-order valence-electron chi connectivity index (χ4n) is 2.73. The van der Waals surface area contributed by atoms with Gasteiger partial charge in [0.25, 0.3) is 5.91 Å². The Kier molecular flexibility index (Phi) is 7.10. The third-order valence-corrected chi connectivity index (χ3v) is 6.06. The molecule has 0 spiro atoms. The van der Waals surface area contributed by atoms with Crippen LogP contribution in [0.5, 0.6) is 0 Å². The molecule has 0 aliphatic rings. The first-order chi connectivity index (χ1) is 14.2. The molecule has 3 aromatic rings. The van der Waals surface area contributed by atoms with Gasteiger partial charge in [0.2, 0.25) is 10.0 Å². The minimum absolute atomic E-state index is 0.159. The van der Waals surface area contributed by atoms with Gasteiger partial charge in [0.05, 0.1) is 10.5 Å². The molecule has 2 N–H and O–H groups in total. The van der Waals surface area contributed by atoms with Crippen LogP contribution in [0.2, 0.25) is 10.0 Å². The topological polar surface area (TPSA) is 75.3 Å². The van der Waals surface area contributed by atoms with E-state index in [9.17, 15) is 17.6 Å². The van der Waals surface area contributed by atoms with E-state index in [-0.39, 0.29) is 27.2 Å². The molecule has 0 fully saturated rings. The Bertz CT molecular complexity index is 1150. The summed E-state index contributed by atoms with van der Waals surface area (Å²) in [6, 6.07) is 16.8. The number of carbonyl (C=O) groups excluding carboxylic acids is 1. The molecular weight excluding hydrogens is 450 g/mol. The van der Waals surface area contributed by atoms with Crippen LogP contribution >= 0.6 is 23.2 Å². The summed E-state index contributed by atoms with van der Waals surface area (Å²) in [5.74, 6) is -1.68. The van der Waals surface area contributed by atoms with Crippen molar-refractivity contribution in [3.05, 3.63) is 93.7 Å². The van der Waals surface area contributed by atoms with Crippen molar-refractivity contribution in [2.75, 3.05) is 11.9 Å². The van der Waals surface area contributed by atoms with Crippen molar-refractivity contribution in [3.8, 4) is 0 Å². The summed E-state index contributed by atoms with van der Waals surface area (Å²) in [4.78, 5) is 12.3. The van der Waals surface area contributed by atoms with Gasteiger partial charge in [-0.2, -0.15) is 0 Å². The van der Waals surface area contributed by atoms with Crippen molar-refractivity contribution in [1.82, 2.24) is 4.72 Å². The summed E-state index contributed by atoms with van der Waals surface area (Å²) in [6.07, 6.45) is 0.490. The second-order valence-corrected chi connectivity index (χ2v) is 9.03. The van der Waals surface area contributed by atoms with Gasteiger partial charge in [0, 0.05) is 22.3 Å². The van der Waals surface area contributed by atoms with Crippen LogP contribution < -0.4 is 10.0 Å². The summed E-state index contributed by atoms with van der Waals surface area (Å²) < 4.78 is 41.8. The molecule has 1 amide bonds. The van der Waals surface area contributed by atoms with Crippen LogP contribution in [0.3, 0.4) is 0 Å². The number of halogens is 3.